The van der Waals surface area contributed by atoms with Gasteiger partial charge in [-0.2, -0.15) is 0 Å². The second kappa shape index (κ2) is 7.60. The third kappa shape index (κ3) is 5.04. The number of carboxylic acids is 1. The maximum atomic E-state index is 10.9. The summed E-state index contributed by atoms with van der Waals surface area (Å²) in [5, 5.41) is 12.4. The van der Waals surface area contributed by atoms with E-state index in [-0.39, 0.29) is 6.42 Å². The predicted octanol–water partition coefficient (Wildman–Crippen LogP) is 3.03. The fraction of sp³-hybridized carbons (Fsp3) is 0.278. The molecule has 2 N–H and O–H groups in total. The lowest BCUT2D eigenvalue weighted by Crippen LogP contribution is -2.28. The zero-order chi connectivity index (χ0) is 15.1. The molecular formula is C18H21NO2. The van der Waals surface area contributed by atoms with E-state index in [1.54, 1.807) is 0 Å². The summed E-state index contributed by atoms with van der Waals surface area (Å²) >= 11 is 0. The number of carboxylic acid groups (broad SMARTS) is 1. The molecule has 0 amide bonds. The maximum absolute atomic E-state index is 10.9. The molecule has 1 atom stereocenters. The molecule has 0 aliphatic rings. The molecule has 0 saturated heterocycles. The summed E-state index contributed by atoms with van der Waals surface area (Å²) in [6.45, 7) is 2.84. The first-order valence-corrected chi connectivity index (χ1v) is 7.21. The Labute approximate surface area is 125 Å². The van der Waals surface area contributed by atoms with Crippen LogP contribution in [0, 0.1) is 0 Å². The highest BCUT2D eigenvalue weighted by atomic mass is 16.4. The molecule has 0 radical (unpaired) electrons. The topological polar surface area (TPSA) is 49.3 Å². The highest BCUT2D eigenvalue weighted by Crippen LogP contribution is 2.10. The first-order chi connectivity index (χ1) is 10.1. The van der Waals surface area contributed by atoms with E-state index in [0.717, 1.165) is 17.5 Å². The Morgan fingerprint density at radius 2 is 1.67 bits per heavy atom. The van der Waals surface area contributed by atoms with Crippen LogP contribution < -0.4 is 5.32 Å². The number of carbonyl (C=O) groups is 1. The molecule has 0 aromatic heterocycles. The Bertz CT molecular complexity index is 581. The first-order valence-electron chi connectivity index (χ1n) is 7.21. The number of benzene rings is 2. The van der Waals surface area contributed by atoms with E-state index in [2.05, 4.69) is 24.4 Å². The van der Waals surface area contributed by atoms with E-state index >= 15 is 0 Å². The molecule has 0 heterocycles. The molecule has 21 heavy (non-hydrogen) atoms. The standard InChI is InChI=1S/C18H21NO2/c1-14(11-15-7-3-2-4-8-15)19-13-17-10-6-5-9-16(17)12-18(20)21/h2-10,14,19H,11-13H2,1H3,(H,20,21). The first kappa shape index (κ1) is 15.3. The molecule has 0 bridgehead atoms. The van der Waals surface area contributed by atoms with Crippen molar-refractivity contribution in [1.82, 2.24) is 5.32 Å². The second-order valence-electron chi connectivity index (χ2n) is 5.31. The molecule has 2 aromatic carbocycles. The van der Waals surface area contributed by atoms with Crippen LogP contribution in [0.1, 0.15) is 23.6 Å². The summed E-state index contributed by atoms with van der Waals surface area (Å²) < 4.78 is 0. The third-order valence-electron chi connectivity index (χ3n) is 3.49. The van der Waals surface area contributed by atoms with E-state index in [4.69, 9.17) is 5.11 Å². The molecule has 0 saturated carbocycles. The minimum atomic E-state index is -0.792. The van der Waals surface area contributed by atoms with Crippen LogP contribution in [0.5, 0.6) is 0 Å². The minimum Gasteiger partial charge on any atom is -0.481 e. The van der Waals surface area contributed by atoms with Crippen molar-refractivity contribution in [2.75, 3.05) is 0 Å². The lowest BCUT2D eigenvalue weighted by atomic mass is 10.0. The molecule has 3 heteroatoms. The largest absolute Gasteiger partial charge is 0.481 e. The van der Waals surface area contributed by atoms with Crippen molar-refractivity contribution in [1.29, 1.82) is 0 Å². The Kier molecular flexibility index (Phi) is 5.52. The Morgan fingerprint density at radius 3 is 2.33 bits per heavy atom. The van der Waals surface area contributed by atoms with Crippen LogP contribution in [-0.4, -0.2) is 17.1 Å². The fourth-order valence-electron chi connectivity index (χ4n) is 2.39. The van der Waals surface area contributed by atoms with E-state index in [1.807, 2.05) is 42.5 Å². The third-order valence-corrected chi connectivity index (χ3v) is 3.49. The van der Waals surface area contributed by atoms with Gasteiger partial charge in [-0.05, 0) is 30.0 Å². The molecule has 110 valence electrons. The van der Waals surface area contributed by atoms with Gasteiger partial charge in [0.15, 0.2) is 0 Å². The smallest absolute Gasteiger partial charge is 0.307 e. The van der Waals surface area contributed by atoms with E-state index < -0.39 is 5.97 Å². The van der Waals surface area contributed by atoms with Gasteiger partial charge in [0.2, 0.25) is 0 Å². The molecular weight excluding hydrogens is 262 g/mol. The monoisotopic (exact) mass is 283 g/mol. The van der Waals surface area contributed by atoms with Gasteiger partial charge in [-0.3, -0.25) is 4.79 Å². The Balaban J connectivity index is 1.92. The van der Waals surface area contributed by atoms with Crippen LogP contribution >= 0.6 is 0 Å². The van der Waals surface area contributed by atoms with Gasteiger partial charge in [0, 0.05) is 12.6 Å². The van der Waals surface area contributed by atoms with Gasteiger partial charge in [0.25, 0.3) is 0 Å². The normalized spacial score (nSPS) is 12.0. The summed E-state index contributed by atoms with van der Waals surface area (Å²) in [5.74, 6) is -0.792. The Morgan fingerprint density at radius 1 is 1.05 bits per heavy atom. The van der Waals surface area contributed by atoms with Crippen molar-refractivity contribution in [2.24, 2.45) is 0 Å². The zero-order valence-electron chi connectivity index (χ0n) is 12.3. The lowest BCUT2D eigenvalue weighted by Gasteiger charge is -2.15. The van der Waals surface area contributed by atoms with Crippen molar-refractivity contribution in [3.05, 3.63) is 71.3 Å². The highest BCUT2D eigenvalue weighted by molar-refractivity contribution is 5.70. The van der Waals surface area contributed by atoms with Gasteiger partial charge < -0.3 is 10.4 Å². The molecule has 1 unspecified atom stereocenters. The highest BCUT2D eigenvalue weighted by Gasteiger charge is 2.08. The summed E-state index contributed by atoms with van der Waals surface area (Å²) in [5.41, 5.74) is 3.24. The average molecular weight is 283 g/mol. The minimum absolute atomic E-state index is 0.0743. The average Bonchev–Trinajstić information content (AvgIpc) is 2.47. The maximum Gasteiger partial charge on any atom is 0.307 e. The summed E-state index contributed by atoms with van der Waals surface area (Å²) in [4.78, 5) is 10.9. The SMILES string of the molecule is CC(Cc1ccccc1)NCc1ccccc1CC(=O)O. The quantitative estimate of drug-likeness (QED) is 0.821. The molecule has 0 fully saturated rings. The van der Waals surface area contributed by atoms with E-state index in [0.29, 0.717) is 12.6 Å². The van der Waals surface area contributed by atoms with Gasteiger partial charge >= 0.3 is 5.97 Å². The number of rotatable bonds is 7. The number of hydrogen-bond acceptors (Lipinski definition) is 2. The van der Waals surface area contributed by atoms with E-state index in [9.17, 15) is 4.79 Å². The van der Waals surface area contributed by atoms with Crippen molar-refractivity contribution in [3.63, 3.8) is 0 Å². The molecule has 2 aromatic rings. The van der Waals surface area contributed by atoms with Crippen LogP contribution in [0.25, 0.3) is 0 Å². The van der Waals surface area contributed by atoms with Crippen LogP contribution in [0.2, 0.25) is 0 Å². The molecule has 3 nitrogen and oxygen atoms in total. The van der Waals surface area contributed by atoms with Crippen LogP contribution in [0.3, 0.4) is 0 Å². The summed E-state index contributed by atoms with van der Waals surface area (Å²) in [6, 6.07) is 18.4. The van der Waals surface area contributed by atoms with E-state index in [1.165, 1.54) is 5.56 Å². The molecule has 0 spiro atoms. The second-order valence-corrected chi connectivity index (χ2v) is 5.31. The van der Waals surface area contributed by atoms with Gasteiger partial charge in [-0.1, -0.05) is 54.6 Å². The number of aliphatic carboxylic acids is 1. The van der Waals surface area contributed by atoms with Gasteiger partial charge in [-0.25, -0.2) is 0 Å². The number of hydrogen-bond donors (Lipinski definition) is 2. The van der Waals surface area contributed by atoms with Gasteiger partial charge in [0.05, 0.1) is 6.42 Å². The van der Waals surface area contributed by atoms with Gasteiger partial charge in [0.1, 0.15) is 0 Å². The summed E-state index contributed by atoms with van der Waals surface area (Å²) in [7, 11) is 0. The summed E-state index contributed by atoms with van der Waals surface area (Å²) in [6.07, 6.45) is 1.03. The van der Waals surface area contributed by atoms with Crippen LogP contribution in [0.4, 0.5) is 0 Å². The Hall–Kier alpha value is -2.13. The number of nitrogens with one attached hydrogen (secondary N) is 1. The van der Waals surface area contributed by atoms with Crippen molar-refractivity contribution in [3.8, 4) is 0 Å². The molecule has 2 rings (SSSR count). The van der Waals surface area contributed by atoms with Crippen molar-refractivity contribution < 1.29 is 9.90 Å². The molecule has 0 aliphatic carbocycles. The van der Waals surface area contributed by atoms with Crippen molar-refractivity contribution >= 4 is 5.97 Å². The predicted molar refractivity (Wildman–Crippen MR) is 84.2 cm³/mol. The van der Waals surface area contributed by atoms with Crippen LogP contribution in [-0.2, 0) is 24.2 Å². The van der Waals surface area contributed by atoms with Crippen LogP contribution in [0.15, 0.2) is 54.6 Å². The molecule has 0 aliphatic heterocycles. The zero-order valence-corrected chi connectivity index (χ0v) is 12.3. The lowest BCUT2D eigenvalue weighted by molar-refractivity contribution is -0.136. The van der Waals surface area contributed by atoms with Gasteiger partial charge in [-0.15, -0.1) is 0 Å². The fourth-order valence-corrected chi connectivity index (χ4v) is 2.39. The van der Waals surface area contributed by atoms with Crippen molar-refractivity contribution in [2.45, 2.75) is 32.4 Å².